The van der Waals surface area contributed by atoms with Crippen molar-refractivity contribution in [2.75, 3.05) is 11.5 Å². The molecule has 4 N–H and O–H groups in total. The van der Waals surface area contributed by atoms with E-state index < -0.39 is 0 Å². The minimum absolute atomic E-state index is 0.612. The summed E-state index contributed by atoms with van der Waals surface area (Å²) >= 11 is 0. The van der Waals surface area contributed by atoms with Crippen LogP contribution in [0.2, 0.25) is 0 Å². The maximum atomic E-state index is 6.05. The van der Waals surface area contributed by atoms with Gasteiger partial charge >= 0.3 is 0 Å². The van der Waals surface area contributed by atoms with Gasteiger partial charge in [-0.1, -0.05) is 17.7 Å². The van der Waals surface area contributed by atoms with Crippen LogP contribution in [-0.4, -0.2) is 9.55 Å². The maximum absolute atomic E-state index is 6.05. The number of nitrogen functional groups attached to an aromatic ring is 2. The molecule has 0 unspecified atom stereocenters. The molecular weight excluding hydrogens is 248 g/mol. The van der Waals surface area contributed by atoms with Gasteiger partial charge in [-0.25, -0.2) is 4.98 Å². The van der Waals surface area contributed by atoms with Crippen molar-refractivity contribution in [1.29, 1.82) is 0 Å². The van der Waals surface area contributed by atoms with E-state index in [1.165, 1.54) is 5.56 Å². The minimum Gasteiger partial charge on any atom is -0.399 e. The predicted molar refractivity (Wildman–Crippen MR) is 82.6 cm³/mol. The average Bonchev–Trinajstić information content (AvgIpc) is 2.83. The number of aromatic nitrogens is 2. The molecule has 1 aromatic heterocycles. The number of imidazole rings is 1. The van der Waals surface area contributed by atoms with Crippen molar-refractivity contribution < 1.29 is 0 Å². The predicted octanol–water partition coefficient (Wildman–Crippen LogP) is 3.01. The fourth-order valence-electron chi connectivity index (χ4n) is 2.17. The number of aryl methyl sites for hydroxylation is 1. The molecule has 4 heteroatoms. The highest BCUT2D eigenvalue weighted by Crippen LogP contribution is 2.26. The first-order valence-electron chi connectivity index (χ1n) is 6.41. The molecule has 0 amide bonds. The second kappa shape index (κ2) is 4.74. The van der Waals surface area contributed by atoms with Gasteiger partial charge in [-0.05, 0) is 43.3 Å². The van der Waals surface area contributed by atoms with E-state index in [0.29, 0.717) is 5.82 Å². The van der Waals surface area contributed by atoms with Crippen LogP contribution < -0.4 is 11.5 Å². The monoisotopic (exact) mass is 264 g/mol. The Hall–Kier alpha value is -2.75. The van der Waals surface area contributed by atoms with E-state index in [4.69, 9.17) is 11.5 Å². The number of rotatable bonds is 2. The van der Waals surface area contributed by atoms with E-state index in [2.05, 4.69) is 24.0 Å². The van der Waals surface area contributed by atoms with Crippen LogP contribution in [0, 0.1) is 6.92 Å². The lowest BCUT2D eigenvalue weighted by Gasteiger charge is -2.10. The smallest absolute Gasteiger partial charge is 0.146 e. The number of benzene rings is 2. The Labute approximate surface area is 117 Å². The van der Waals surface area contributed by atoms with E-state index in [1.807, 2.05) is 41.0 Å². The summed E-state index contributed by atoms with van der Waals surface area (Å²) in [5, 5.41) is 0. The normalized spacial score (nSPS) is 10.7. The third-order valence-electron chi connectivity index (χ3n) is 3.25. The summed E-state index contributed by atoms with van der Waals surface area (Å²) < 4.78 is 1.94. The maximum Gasteiger partial charge on any atom is 0.146 e. The Kier molecular flexibility index (Phi) is 2.91. The Morgan fingerprint density at radius 1 is 0.900 bits per heavy atom. The second-order valence-corrected chi connectivity index (χ2v) is 4.80. The van der Waals surface area contributed by atoms with Crippen LogP contribution >= 0.6 is 0 Å². The standard InChI is InChI=1S/C16H16N4/c1-11-2-8-14(9-3-11)20-15(18)10-19-16(20)12-4-6-13(17)7-5-12/h2-10H,17-18H2,1H3. The highest BCUT2D eigenvalue weighted by atomic mass is 15.1. The third kappa shape index (κ3) is 2.12. The molecule has 20 heavy (non-hydrogen) atoms. The Balaban J connectivity index is 2.14. The van der Waals surface area contributed by atoms with Crippen molar-refractivity contribution in [2.45, 2.75) is 6.92 Å². The zero-order valence-electron chi connectivity index (χ0n) is 11.2. The second-order valence-electron chi connectivity index (χ2n) is 4.80. The topological polar surface area (TPSA) is 69.9 Å². The van der Waals surface area contributed by atoms with Crippen LogP contribution in [0.3, 0.4) is 0 Å². The quantitative estimate of drug-likeness (QED) is 0.699. The van der Waals surface area contributed by atoms with Crippen molar-refractivity contribution in [1.82, 2.24) is 9.55 Å². The zero-order chi connectivity index (χ0) is 14.1. The van der Waals surface area contributed by atoms with Gasteiger partial charge in [0.1, 0.15) is 11.6 Å². The summed E-state index contributed by atoms with van der Waals surface area (Å²) in [5.41, 5.74) is 15.7. The van der Waals surface area contributed by atoms with Crippen LogP contribution in [-0.2, 0) is 0 Å². The lowest BCUT2D eigenvalue weighted by atomic mass is 10.2. The summed E-state index contributed by atoms with van der Waals surface area (Å²) in [6.45, 7) is 2.06. The molecule has 4 nitrogen and oxygen atoms in total. The third-order valence-corrected chi connectivity index (χ3v) is 3.25. The van der Waals surface area contributed by atoms with Gasteiger partial charge in [0.15, 0.2) is 0 Å². The lowest BCUT2D eigenvalue weighted by Crippen LogP contribution is -2.02. The summed E-state index contributed by atoms with van der Waals surface area (Å²) in [6.07, 6.45) is 1.67. The fraction of sp³-hybridized carbons (Fsp3) is 0.0625. The molecule has 0 fully saturated rings. The van der Waals surface area contributed by atoms with Crippen molar-refractivity contribution in [2.24, 2.45) is 0 Å². The Morgan fingerprint density at radius 3 is 2.20 bits per heavy atom. The molecule has 0 bridgehead atoms. The van der Waals surface area contributed by atoms with Gasteiger partial charge in [0, 0.05) is 16.9 Å². The molecule has 0 saturated heterocycles. The largest absolute Gasteiger partial charge is 0.399 e. The summed E-state index contributed by atoms with van der Waals surface area (Å²) in [4.78, 5) is 4.41. The van der Waals surface area contributed by atoms with Gasteiger partial charge in [0.05, 0.1) is 6.20 Å². The number of hydrogen-bond acceptors (Lipinski definition) is 3. The molecule has 0 saturated carbocycles. The van der Waals surface area contributed by atoms with E-state index in [0.717, 1.165) is 22.8 Å². The van der Waals surface area contributed by atoms with Crippen LogP contribution in [0.5, 0.6) is 0 Å². The van der Waals surface area contributed by atoms with Gasteiger partial charge in [-0.15, -0.1) is 0 Å². The number of nitrogens with zero attached hydrogens (tertiary/aromatic N) is 2. The highest BCUT2D eigenvalue weighted by Gasteiger charge is 2.11. The van der Waals surface area contributed by atoms with Crippen molar-refractivity contribution in [3.63, 3.8) is 0 Å². The molecule has 0 radical (unpaired) electrons. The summed E-state index contributed by atoms with van der Waals surface area (Å²) in [5.74, 6) is 1.42. The van der Waals surface area contributed by atoms with Gasteiger partial charge in [-0.3, -0.25) is 4.57 Å². The molecular formula is C16H16N4. The molecule has 2 aromatic carbocycles. The highest BCUT2D eigenvalue weighted by molar-refractivity contribution is 5.64. The van der Waals surface area contributed by atoms with Crippen molar-refractivity contribution in [3.8, 4) is 17.1 Å². The number of nitrogens with two attached hydrogens (primary N) is 2. The van der Waals surface area contributed by atoms with Crippen LogP contribution in [0.25, 0.3) is 17.1 Å². The molecule has 0 atom stereocenters. The SMILES string of the molecule is Cc1ccc(-n2c(N)cnc2-c2ccc(N)cc2)cc1. The fourth-order valence-corrected chi connectivity index (χ4v) is 2.17. The van der Waals surface area contributed by atoms with Crippen molar-refractivity contribution in [3.05, 3.63) is 60.3 Å². The first-order valence-corrected chi connectivity index (χ1v) is 6.41. The van der Waals surface area contributed by atoms with Gasteiger partial charge in [0.2, 0.25) is 0 Å². The van der Waals surface area contributed by atoms with E-state index >= 15 is 0 Å². The Bertz CT molecular complexity index is 724. The molecule has 100 valence electrons. The Morgan fingerprint density at radius 2 is 1.55 bits per heavy atom. The zero-order valence-corrected chi connectivity index (χ0v) is 11.2. The number of hydrogen-bond donors (Lipinski definition) is 2. The molecule has 3 rings (SSSR count). The van der Waals surface area contributed by atoms with E-state index in [-0.39, 0.29) is 0 Å². The van der Waals surface area contributed by atoms with Gasteiger partial charge < -0.3 is 11.5 Å². The molecule has 0 aliphatic carbocycles. The summed E-state index contributed by atoms with van der Waals surface area (Å²) in [6, 6.07) is 15.8. The van der Waals surface area contributed by atoms with Crippen molar-refractivity contribution >= 4 is 11.5 Å². The number of anilines is 2. The first-order chi connectivity index (χ1) is 9.65. The van der Waals surface area contributed by atoms with Gasteiger partial charge in [-0.2, -0.15) is 0 Å². The molecule has 0 aliphatic heterocycles. The first kappa shape index (κ1) is 12.3. The summed E-state index contributed by atoms with van der Waals surface area (Å²) in [7, 11) is 0. The molecule has 0 aliphatic rings. The van der Waals surface area contributed by atoms with Crippen LogP contribution in [0.1, 0.15) is 5.56 Å². The van der Waals surface area contributed by atoms with Gasteiger partial charge in [0.25, 0.3) is 0 Å². The van der Waals surface area contributed by atoms with E-state index in [1.54, 1.807) is 6.20 Å². The molecule has 1 heterocycles. The minimum atomic E-state index is 0.612. The van der Waals surface area contributed by atoms with Crippen LogP contribution in [0.4, 0.5) is 11.5 Å². The van der Waals surface area contributed by atoms with E-state index in [9.17, 15) is 0 Å². The van der Waals surface area contributed by atoms with Crippen LogP contribution in [0.15, 0.2) is 54.7 Å². The molecule has 0 spiro atoms. The lowest BCUT2D eigenvalue weighted by molar-refractivity contribution is 1.08. The average molecular weight is 264 g/mol. The molecule has 3 aromatic rings.